The number of para-hydroxylation sites is 1. The zero-order chi connectivity index (χ0) is 16.9. The second-order valence-corrected chi connectivity index (χ2v) is 6.28. The maximum absolute atomic E-state index is 12.1. The number of carbonyl (C=O) groups excluding carboxylic acids is 1. The van der Waals surface area contributed by atoms with E-state index < -0.39 is 12.2 Å². The van der Waals surface area contributed by atoms with Crippen molar-refractivity contribution in [2.24, 2.45) is 0 Å². The molecule has 3 rings (SSSR count). The highest BCUT2D eigenvalue weighted by Crippen LogP contribution is 2.29. The fraction of sp³-hybridized carbons (Fsp3) is 0.312. The van der Waals surface area contributed by atoms with E-state index in [1.807, 2.05) is 23.6 Å². The van der Waals surface area contributed by atoms with Gasteiger partial charge in [-0.05, 0) is 12.1 Å². The fourth-order valence-corrected chi connectivity index (χ4v) is 3.27. The number of nitrogens with zero attached hydrogens (tertiary/aromatic N) is 2. The lowest BCUT2D eigenvalue weighted by molar-refractivity contribution is 0.0583. The summed E-state index contributed by atoms with van der Waals surface area (Å²) in [6.07, 6.45) is 0.989. The van der Waals surface area contributed by atoms with Gasteiger partial charge in [0.05, 0.1) is 5.69 Å². The van der Waals surface area contributed by atoms with E-state index in [2.05, 4.69) is 10.3 Å². The number of carboxylic acid groups (broad SMARTS) is 1. The summed E-state index contributed by atoms with van der Waals surface area (Å²) in [5.41, 5.74) is 1.48. The van der Waals surface area contributed by atoms with Crippen molar-refractivity contribution in [3.63, 3.8) is 0 Å². The quantitative estimate of drug-likeness (QED) is 0.886. The van der Waals surface area contributed by atoms with Gasteiger partial charge in [0.2, 0.25) is 0 Å². The molecule has 1 aromatic carbocycles. The Morgan fingerprint density at radius 3 is 2.71 bits per heavy atom. The van der Waals surface area contributed by atoms with E-state index in [1.54, 1.807) is 12.3 Å². The molecule has 0 unspecified atom stereocenters. The van der Waals surface area contributed by atoms with E-state index in [4.69, 9.17) is 9.84 Å². The third-order valence-corrected chi connectivity index (χ3v) is 4.62. The number of amides is 2. The minimum Gasteiger partial charge on any atom is -0.465 e. The van der Waals surface area contributed by atoms with Gasteiger partial charge in [-0.1, -0.05) is 12.1 Å². The van der Waals surface area contributed by atoms with Crippen LogP contribution >= 0.6 is 11.3 Å². The summed E-state index contributed by atoms with van der Waals surface area (Å²) in [5, 5.41) is 14.4. The van der Waals surface area contributed by atoms with E-state index in [0.717, 1.165) is 10.6 Å². The van der Waals surface area contributed by atoms with Crippen molar-refractivity contribution < 1.29 is 19.4 Å². The molecule has 0 saturated carbocycles. The molecule has 1 aliphatic rings. The molecule has 24 heavy (non-hydrogen) atoms. The Labute approximate surface area is 142 Å². The first-order valence-electron chi connectivity index (χ1n) is 7.58. The number of piperidine rings is 1. The number of rotatable bonds is 3. The van der Waals surface area contributed by atoms with Crippen molar-refractivity contribution in [3.05, 3.63) is 35.8 Å². The van der Waals surface area contributed by atoms with Gasteiger partial charge in [0.15, 0.2) is 0 Å². The van der Waals surface area contributed by atoms with E-state index in [-0.39, 0.29) is 6.10 Å². The normalized spacial score (nSPS) is 15.1. The molecule has 2 N–H and O–H groups in total. The molecule has 0 bridgehead atoms. The predicted octanol–water partition coefficient (Wildman–Crippen LogP) is 3.50. The molecule has 0 radical (unpaired) electrons. The standard InChI is InChI=1S/C16H17N3O4S/c20-15(23-11-5-8-19(9-6-11)16(21)22)18-13-4-2-1-3-12(13)14-17-7-10-24-14/h1-4,7,10-11H,5-6,8-9H2,(H,18,20)(H,21,22). The second-order valence-electron chi connectivity index (χ2n) is 5.38. The zero-order valence-electron chi connectivity index (χ0n) is 12.8. The largest absolute Gasteiger partial charge is 0.465 e. The van der Waals surface area contributed by atoms with Crippen LogP contribution in [-0.2, 0) is 4.74 Å². The number of thiazole rings is 1. The first-order valence-corrected chi connectivity index (χ1v) is 8.46. The van der Waals surface area contributed by atoms with Crippen LogP contribution < -0.4 is 5.32 Å². The number of benzene rings is 1. The minimum atomic E-state index is -0.935. The van der Waals surface area contributed by atoms with Crippen molar-refractivity contribution in [2.45, 2.75) is 18.9 Å². The Kier molecular flexibility index (Phi) is 4.95. The van der Waals surface area contributed by atoms with Crippen LogP contribution in [0.2, 0.25) is 0 Å². The number of likely N-dealkylation sites (tertiary alicyclic amines) is 1. The van der Waals surface area contributed by atoms with Gasteiger partial charge in [-0.25, -0.2) is 14.6 Å². The van der Waals surface area contributed by atoms with Crippen LogP contribution in [-0.4, -0.2) is 46.4 Å². The van der Waals surface area contributed by atoms with Gasteiger partial charge in [0, 0.05) is 43.1 Å². The second kappa shape index (κ2) is 7.31. The molecule has 1 aliphatic heterocycles. The molecular formula is C16H17N3O4S. The number of anilines is 1. The molecular weight excluding hydrogens is 330 g/mol. The number of hydrogen-bond donors (Lipinski definition) is 2. The molecule has 2 heterocycles. The van der Waals surface area contributed by atoms with Gasteiger partial charge in [-0.3, -0.25) is 5.32 Å². The van der Waals surface area contributed by atoms with Crippen LogP contribution in [0.15, 0.2) is 35.8 Å². The Hall–Kier alpha value is -2.61. The average molecular weight is 347 g/mol. The highest BCUT2D eigenvalue weighted by Gasteiger charge is 2.25. The van der Waals surface area contributed by atoms with E-state index in [0.29, 0.717) is 31.6 Å². The van der Waals surface area contributed by atoms with Crippen LogP contribution in [0.3, 0.4) is 0 Å². The lowest BCUT2D eigenvalue weighted by Crippen LogP contribution is -2.41. The molecule has 8 heteroatoms. The number of nitrogens with one attached hydrogen (secondary N) is 1. The molecule has 0 spiro atoms. The van der Waals surface area contributed by atoms with Gasteiger partial charge in [-0.2, -0.15) is 0 Å². The lowest BCUT2D eigenvalue weighted by Gasteiger charge is -2.29. The molecule has 1 saturated heterocycles. The third kappa shape index (κ3) is 3.83. The predicted molar refractivity (Wildman–Crippen MR) is 90.3 cm³/mol. The van der Waals surface area contributed by atoms with Crippen molar-refractivity contribution in [1.82, 2.24) is 9.88 Å². The third-order valence-electron chi connectivity index (χ3n) is 3.81. The maximum Gasteiger partial charge on any atom is 0.411 e. The maximum atomic E-state index is 12.1. The zero-order valence-corrected chi connectivity index (χ0v) is 13.7. The Bertz CT molecular complexity index is 712. The first-order chi connectivity index (χ1) is 11.6. The van der Waals surface area contributed by atoms with Gasteiger partial charge < -0.3 is 14.7 Å². The molecule has 0 atom stereocenters. The van der Waals surface area contributed by atoms with Gasteiger partial charge >= 0.3 is 12.2 Å². The first kappa shape index (κ1) is 16.3. The molecule has 7 nitrogen and oxygen atoms in total. The smallest absolute Gasteiger partial charge is 0.411 e. The fourth-order valence-electron chi connectivity index (χ4n) is 2.59. The van der Waals surface area contributed by atoms with Crippen LogP contribution in [0.4, 0.5) is 15.3 Å². The van der Waals surface area contributed by atoms with Crippen LogP contribution in [0.5, 0.6) is 0 Å². The van der Waals surface area contributed by atoms with Gasteiger partial charge in [0.1, 0.15) is 11.1 Å². The summed E-state index contributed by atoms with van der Waals surface area (Å²) in [7, 11) is 0. The number of ether oxygens (including phenoxy) is 1. The highest BCUT2D eigenvalue weighted by molar-refractivity contribution is 7.13. The summed E-state index contributed by atoms with van der Waals surface area (Å²) in [5.74, 6) is 0. The number of carbonyl (C=O) groups is 2. The van der Waals surface area contributed by atoms with E-state index >= 15 is 0 Å². The van der Waals surface area contributed by atoms with E-state index in [1.165, 1.54) is 16.2 Å². The van der Waals surface area contributed by atoms with Crippen LogP contribution in [0.25, 0.3) is 10.6 Å². The highest BCUT2D eigenvalue weighted by atomic mass is 32.1. The summed E-state index contributed by atoms with van der Waals surface area (Å²) in [4.78, 5) is 28.6. The summed E-state index contributed by atoms with van der Waals surface area (Å²) >= 11 is 1.49. The van der Waals surface area contributed by atoms with Crippen molar-refractivity contribution in [1.29, 1.82) is 0 Å². The monoisotopic (exact) mass is 347 g/mol. The van der Waals surface area contributed by atoms with Crippen molar-refractivity contribution in [3.8, 4) is 10.6 Å². The minimum absolute atomic E-state index is 0.271. The Morgan fingerprint density at radius 1 is 1.29 bits per heavy atom. The molecule has 1 fully saturated rings. The Morgan fingerprint density at radius 2 is 2.04 bits per heavy atom. The SMILES string of the molecule is O=C(Nc1ccccc1-c1nccs1)OC1CCN(C(=O)O)CC1. The van der Waals surface area contributed by atoms with Gasteiger partial charge in [-0.15, -0.1) is 11.3 Å². The van der Waals surface area contributed by atoms with Crippen LogP contribution in [0.1, 0.15) is 12.8 Å². The summed E-state index contributed by atoms with van der Waals surface area (Å²) in [6.45, 7) is 0.756. The molecule has 0 aliphatic carbocycles. The topological polar surface area (TPSA) is 91.8 Å². The van der Waals surface area contributed by atoms with Gasteiger partial charge in [0.25, 0.3) is 0 Å². The Balaban J connectivity index is 1.59. The van der Waals surface area contributed by atoms with E-state index in [9.17, 15) is 9.59 Å². The molecule has 2 amide bonds. The number of aromatic nitrogens is 1. The average Bonchev–Trinajstić information content (AvgIpc) is 3.10. The van der Waals surface area contributed by atoms with Crippen molar-refractivity contribution >= 4 is 29.2 Å². The molecule has 1 aromatic heterocycles. The number of hydrogen-bond acceptors (Lipinski definition) is 5. The summed E-state index contributed by atoms with van der Waals surface area (Å²) < 4.78 is 5.41. The van der Waals surface area contributed by atoms with Crippen LogP contribution in [0, 0.1) is 0 Å². The lowest BCUT2D eigenvalue weighted by atomic mass is 10.1. The molecule has 126 valence electrons. The summed E-state index contributed by atoms with van der Waals surface area (Å²) in [6, 6.07) is 7.40. The van der Waals surface area contributed by atoms with Crippen molar-refractivity contribution in [2.75, 3.05) is 18.4 Å². The molecule has 2 aromatic rings.